The van der Waals surface area contributed by atoms with E-state index in [1.807, 2.05) is 71.3 Å². The smallest absolute Gasteiger partial charge is 0.337 e. The largest absolute Gasteiger partial charge is 0.490 e. The van der Waals surface area contributed by atoms with Crippen LogP contribution >= 0.6 is 0 Å². The molecular formula is C40H38N6O8. The van der Waals surface area contributed by atoms with Crippen LogP contribution in [0.25, 0.3) is 28.2 Å². The van der Waals surface area contributed by atoms with Gasteiger partial charge in [0.2, 0.25) is 0 Å². The van der Waals surface area contributed by atoms with Crippen molar-refractivity contribution in [2.75, 3.05) is 20.3 Å². The molecule has 2 atom stereocenters. The number of non-ortho nitro benzene ring substituents is 1. The molecule has 4 N–H and O–H groups in total. The number of benzene rings is 4. The van der Waals surface area contributed by atoms with E-state index in [1.54, 1.807) is 50.4 Å². The molecule has 0 bridgehead atoms. The molecule has 5 aromatic rings. The lowest BCUT2D eigenvalue weighted by molar-refractivity contribution is -0.384. The minimum Gasteiger partial charge on any atom is -0.490 e. The van der Waals surface area contributed by atoms with Crippen LogP contribution in [-0.2, 0) is 9.53 Å². The number of urea groups is 1. The molecule has 14 heteroatoms. The summed E-state index contributed by atoms with van der Waals surface area (Å²) < 4.78 is 18.7. The molecule has 1 aliphatic rings. The molecule has 54 heavy (non-hydrogen) atoms. The number of aromatic nitrogens is 1. The molecule has 0 spiro atoms. The molecule has 1 aromatic heterocycles. The predicted octanol–water partition coefficient (Wildman–Crippen LogP) is 6.24. The van der Waals surface area contributed by atoms with Gasteiger partial charge in [0.05, 0.1) is 47.9 Å². The summed E-state index contributed by atoms with van der Waals surface area (Å²) in [6.07, 6.45) is 0.364. The topological polar surface area (TPSA) is 179 Å². The quantitative estimate of drug-likeness (QED) is 0.0338. The Morgan fingerprint density at radius 1 is 0.981 bits per heavy atom. The van der Waals surface area contributed by atoms with Crippen LogP contribution < -0.4 is 25.5 Å². The summed E-state index contributed by atoms with van der Waals surface area (Å²) in [6, 6.07) is 31.5. The third-order valence-electron chi connectivity index (χ3n) is 8.56. The minimum atomic E-state index is -1.24. The first-order valence-corrected chi connectivity index (χ1v) is 17.0. The lowest BCUT2D eigenvalue weighted by Gasteiger charge is -2.28. The zero-order valence-electron chi connectivity index (χ0n) is 29.7. The number of allylic oxidation sites excluding steroid dienone is 1. The molecule has 2 amide bonds. The minimum absolute atomic E-state index is 0.0184. The van der Waals surface area contributed by atoms with Crippen molar-refractivity contribution in [1.82, 2.24) is 20.6 Å². The van der Waals surface area contributed by atoms with Gasteiger partial charge in [0.1, 0.15) is 6.61 Å². The van der Waals surface area contributed by atoms with Crippen molar-refractivity contribution in [2.45, 2.75) is 26.1 Å². The Labute approximate surface area is 310 Å². The number of esters is 1. The average molecular weight is 731 g/mol. The number of nitro groups is 1. The maximum absolute atomic E-state index is 12.6. The summed E-state index contributed by atoms with van der Waals surface area (Å²) in [4.78, 5) is 35.8. The number of rotatable bonds is 14. The van der Waals surface area contributed by atoms with Crippen LogP contribution in [0.4, 0.5) is 10.5 Å². The number of nitro benzene ring substituents is 1. The maximum Gasteiger partial charge on any atom is 0.337 e. The highest BCUT2D eigenvalue weighted by atomic mass is 16.6. The van der Waals surface area contributed by atoms with Gasteiger partial charge in [-0.1, -0.05) is 66.7 Å². The SMILES string of the molecule is CCOc1cc([C@H]2NC(=O)NC(C)=C2C(=O)OC)ccc1OC[C@H](O)N/N=C/c1cc(-c2ccccc2)n(-c2ccc([N+](=O)[O-])cc2)c1-c1ccccc1. The van der Waals surface area contributed by atoms with E-state index in [4.69, 9.17) is 14.2 Å². The zero-order chi connectivity index (χ0) is 38.2. The second-order valence-electron chi connectivity index (χ2n) is 12.1. The Morgan fingerprint density at radius 2 is 1.67 bits per heavy atom. The number of nitrogens with zero attached hydrogens (tertiary/aromatic N) is 3. The van der Waals surface area contributed by atoms with Gasteiger partial charge < -0.3 is 34.5 Å². The number of hydrogen-bond donors (Lipinski definition) is 4. The predicted molar refractivity (Wildman–Crippen MR) is 202 cm³/mol. The number of hydrogen-bond acceptors (Lipinski definition) is 10. The zero-order valence-corrected chi connectivity index (χ0v) is 29.7. The Balaban J connectivity index is 1.25. The molecule has 2 heterocycles. The lowest BCUT2D eigenvalue weighted by Crippen LogP contribution is -2.45. The highest BCUT2D eigenvalue weighted by molar-refractivity contribution is 5.95. The molecule has 0 radical (unpaired) electrons. The van der Waals surface area contributed by atoms with E-state index in [2.05, 4.69) is 21.2 Å². The van der Waals surface area contributed by atoms with Gasteiger partial charge in [-0.3, -0.25) is 15.5 Å². The lowest BCUT2D eigenvalue weighted by atomic mass is 9.95. The van der Waals surface area contributed by atoms with Gasteiger partial charge in [0, 0.05) is 29.1 Å². The normalized spacial score (nSPS) is 14.6. The summed E-state index contributed by atoms with van der Waals surface area (Å²) in [7, 11) is 1.27. The Bertz CT molecular complexity index is 2200. The van der Waals surface area contributed by atoms with Crippen LogP contribution in [-0.4, -0.2) is 59.4 Å². The molecule has 4 aromatic carbocycles. The van der Waals surface area contributed by atoms with E-state index in [9.17, 15) is 24.8 Å². The van der Waals surface area contributed by atoms with E-state index in [1.165, 1.54) is 19.2 Å². The number of aliphatic hydroxyl groups is 1. The van der Waals surface area contributed by atoms with Gasteiger partial charge in [-0.05, 0) is 60.9 Å². The molecule has 0 saturated carbocycles. The maximum atomic E-state index is 12.6. The summed E-state index contributed by atoms with van der Waals surface area (Å²) in [5.74, 6) is 0.0760. The van der Waals surface area contributed by atoms with E-state index in [0.29, 0.717) is 40.6 Å². The molecule has 276 valence electrons. The van der Waals surface area contributed by atoms with Crippen molar-refractivity contribution >= 4 is 23.9 Å². The van der Waals surface area contributed by atoms with E-state index >= 15 is 0 Å². The van der Waals surface area contributed by atoms with Crippen molar-refractivity contribution in [1.29, 1.82) is 0 Å². The van der Waals surface area contributed by atoms with Crippen LogP contribution in [0.1, 0.15) is 31.0 Å². The van der Waals surface area contributed by atoms with Gasteiger partial charge >= 0.3 is 12.0 Å². The fourth-order valence-corrected chi connectivity index (χ4v) is 6.15. The molecule has 0 unspecified atom stereocenters. The van der Waals surface area contributed by atoms with Gasteiger partial charge in [0.15, 0.2) is 17.7 Å². The van der Waals surface area contributed by atoms with Crippen LogP contribution in [0.2, 0.25) is 0 Å². The molecule has 0 aliphatic carbocycles. The Morgan fingerprint density at radius 3 is 2.31 bits per heavy atom. The van der Waals surface area contributed by atoms with Gasteiger partial charge in [-0.2, -0.15) is 5.10 Å². The van der Waals surface area contributed by atoms with Gasteiger partial charge in [0.25, 0.3) is 5.69 Å². The Kier molecular flexibility index (Phi) is 11.3. The number of methoxy groups -OCH3 is 1. The van der Waals surface area contributed by atoms with E-state index < -0.39 is 29.2 Å². The van der Waals surface area contributed by atoms with E-state index in [-0.39, 0.29) is 17.9 Å². The van der Waals surface area contributed by atoms with Gasteiger partial charge in [-0.15, -0.1) is 0 Å². The first-order chi connectivity index (χ1) is 26.2. The van der Waals surface area contributed by atoms with E-state index in [0.717, 1.165) is 22.5 Å². The standard InChI is InChI=1S/C40H38N6O8/c1-4-53-34-22-28(37-36(39(48)52-3)25(2)42-40(49)43-37)15-20-33(34)54-24-35(47)44-41-23-29-21-32(26-11-7-5-8-12-26)45(38(29)27-13-9-6-10-14-27)30-16-18-31(19-17-30)46(50)51/h5-23,35,37,44,47H,4,24H2,1-3H3,(H2,42,43,49)/b41-23+/t35-,37+/m0/s1. The van der Waals surface area contributed by atoms with Crippen LogP contribution in [0.15, 0.2) is 126 Å². The first-order valence-electron chi connectivity index (χ1n) is 17.0. The van der Waals surface area contributed by atoms with Gasteiger partial charge in [-0.25, -0.2) is 9.59 Å². The number of nitrogens with one attached hydrogen (secondary N) is 3. The van der Waals surface area contributed by atoms with Crippen molar-refractivity contribution < 1.29 is 33.8 Å². The third kappa shape index (κ3) is 8.08. The van der Waals surface area contributed by atoms with Crippen molar-refractivity contribution in [3.8, 4) is 39.7 Å². The third-order valence-corrected chi connectivity index (χ3v) is 8.56. The summed E-state index contributed by atoms with van der Waals surface area (Å²) in [5.41, 5.74) is 8.73. The summed E-state index contributed by atoms with van der Waals surface area (Å²) in [6.45, 7) is 3.52. The number of hydrazone groups is 1. The van der Waals surface area contributed by atoms with Crippen molar-refractivity contribution in [2.24, 2.45) is 5.10 Å². The summed E-state index contributed by atoms with van der Waals surface area (Å²) >= 11 is 0. The number of ether oxygens (including phenoxy) is 3. The number of amides is 2. The molecule has 14 nitrogen and oxygen atoms in total. The summed E-state index contributed by atoms with van der Waals surface area (Å²) in [5, 5.41) is 32.0. The van der Waals surface area contributed by atoms with Crippen LogP contribution in [0.5, 0.6) is 11.5 Å². The fraction of sp³-hybridized carbons (Fsp3) is 0.175. The highest BCUT2D eigenvalue weighted by Gasteiger charge is 2.32. The molecule has 0 saturated heterocycles. The molecular weight excluding hydrogens is 692 g/mol. The molecule has 6 rings (SSSR count). The average Bonchev–Trinajstić information content (AvgIpc) is 3.57. The number of carbonyl (C=O) groups excluding carboxylic acids is 2. The fourth-order valence-electron chi connectivity index (χ4n) is 6.15. The number of carbonyl (C=O) groups is 2. The second-order valence-corrected chi connectivity index (χ2v) is 12.1. The van der Waals surface area contributed by atoms with Crippen LogP contribution in [0, 0.1) is 10.1 Å². The molecule has 1 aliphatic heterocycles. The monoisotopic (exact) mass is 730 g/mol. The highest BCUT2D eigenvalue weighted by Crippen LogP contribution is 2.37. The Hall–Kier alpha value is -6.93. The molecule has 0 fully saturated rings. The number of aliphatic hydroxyl groups excluding tert-OH is 1. The second kappa shape index (κ2) is 16.6. The van der Waals surface area contributed by atoms with Crippen molar-refractivity contribution in [3.63, 3.8) is 0 Å². The first kappa shape index (κ1) is 36.8. The van der Waals surface area contributed by atoms with Crippen LogP contribution in [0.3, 0.4) is 0 Å². The van der Waals surface area contributed by atoms with Crippen molar-refractivity contribution in [3.05, 3.63) is 142 Å².